The third kappa shape index (κ3) is 4.35. The summed E-state index contributed by atoms with van der Waals surface area (Å²) in [6.07, 6.45) is 0. The first kappa shape index (κ1) is 16.1. The summed E-state index contributed by atoms with van der Waals surface area (Å²) in [6.45, 7) is 0.489. The van der Waals surface area contributed by atoms with Gasteiger partial charge in [-0.25, -0.2) is 13.1 Å². The molecule has 7 heteroatoms. The van der Waals surface area contributed by atoms with E-state index in [1.165, 1.54) is 13.1 Å². The van der Waals surface area contributed by atoms with E-state index in [1.54, 1.807) is 36.4 Å². The number of hydrogen-bond acceptors (Lipinski definition) is 3. The highest BCUT2D eigenvalue weighted by molar-refractivity contribution is 7.89. The minimum Gasteiger partial charge on any atom is -0.381 e. The number of nitrogens with one attached hydrogen (secondary N) is 2. The summed E-state index contributed by atoms with van der Waals surface area (Å²) < 4.78 is 25.8. The second-order valence-corrected chi connectivity index (χ2v) is 7.13. The van der Waals surface area contributed by atoms with Gasteiger partial charge in [-0.15, -0.1) is 0 Å². The van der Waals surface area contributed by atoms with Crippen LogP contribution in [0.2, 0.25) is 10.0 Å². The zero-order valence-corrected chi connectivity index (χ0v) is 13.6. The lowest BCUT2D eigenvalue weighted by Crippen LogP contribution is -2.18. The van der Waals surface area contributed by atoms with Gasteiger partial charge >= 0.3 is 0 Å². The normalized spacial score (nSPS) is 11.4. The Morgan fingerprint density at radius 1 is 1.05 bits per heavy atom. The molecule has 2 N–H and O–H groups in total. The Kier molecular flexibility index (Phi) is 5.11. The molecule has 0 atom stereocenters. The van der Waals surface area contributed by atoms with E-state index in [0.717, 1.165) is 5.56 Å². The van der Waals surface area contributed by atoms with E-state index in [-0.39, 0.29) is 4.90 Å². The molecule has 0 aliphatic heterocycles. The van der Waals surface area contributed by atoms with Gasteiger partial charge in [-0.1, -0.05) is 29.3 Å². The summed E-state index contributed by atoms with van der Waals surface area (Å²) in [5, 5.41) is 4.26. The smallest absolute Gasteiger partial charge is 0.240 e. The average molecular weight is 345 g/mol. The third-order valence-electron chi connectivity index (χ3n) is 2.83. The van der Waals surface area contributed by atoms with Crippen molar-refractivity contribution >= 4 is 38.9 Å². The Bertz CT molecular complexity index is 728. The van der Waals surface area contributed by atoms with Crippen LogP contribution in [-0.2, 0) is 16.6 Å². The minimum atomic E-state index is -3.45. The van der Waals surface area contributed by atoms with Crippen LogP contribution in [0.15, 0.2) is 47.4 Å². The fourth-order valence-corrected chi connectivity index (χ4v) is 3.15. The molecule has 4 nitrogen and oxygen atoms in total. The number of rotatable bonds is 5. The first-order valence-corrected chi connectivity index (χ1v) is 8.37. The Morgan fingerprint density at radius 3 is 2.33 bits per heavy atom. The van der Waals surface area contributed by atoms with E-state index in [0.29, 0.717) is 22.3 Å². The number of sulfonamides is 1. The van der Waals surface area contributed by atoms with Crippen LogP contribution < -0.4 is 10.0 Å². The maximum Gasteiger partial charge on any atom is 0.240 e. The van der Waals surface area contributed by atoms with Crippen molar-refractivity contribution in [3.63, 3.8) is 0 Å². The van der Waals surface area contributed by atoms with Crippen LogP contribution in [0.25, 0.3) is 0 Å². The summed E-state index contributed by atoms with van der Waals surface area (Å²) in [5.41, 5.74) is 1.61. The molecule has 21 heavy (non-hydrogen) atoms. The van der Waals surface area contributed by atoms with Crippen molar-refractivity contribution in [2.45, 2.75) is 11.4 Å². The molecule has 0 spiro atoms. The first-order valence-electron chi connectivity index (χ1n) is 6.13. The van der Waals surface area contributed by atoms with Crippen molar-refractivity contribution in [2.24, 2.45) is 0 Å². The highest BCUT2D eigenvalue weighted by atomic mass is 35.5. The molecule has 0 heterocycles. The van der Waals surface area contributed by atoms with Crippen molar-refractivity contribution in [2.75, 3.05) is 12.4 Å². The summed E-state index contributed by atoms with van der Waals surface area (Å²) in [6, 6.07) is 11.8. The fraction of sp³-hybridized carbons (Fsp3) is 0.143. The lowest BCUT2D eigenvalue weighted by molar-refractivity contribution is 0.588. The van der Waals surface area contributed by atoms with E-state index in [9.17, 15) is 8.42 Å². The van der Waals surface area contributed by atoms with E-state index in [1.807, 2.05) is 0 Å². The van der Waals surface area contributed by atoms with Gasteiger partial charge in [0.1, 0.15) is 0 Å². The van der Waals surface area contributed by atoms with Crippen molar-refractivity contribution in [1.82, 2.24) is 4.72 Å². The molecule has 0 amide bonds. The number of anilines is 1. The molecule has 0 saturated carbocycles. The summed E-state index contributed by atoms with van der Waals surface area (Å²) >= 11 is 11.9. The lowest BCUT2D eigenvalue weighted by Gasteiger charge is -2.09. The van der Waals surface area contributed by atoms with Crippen LogP contribution in [0.3, 0.4) is 0 Å². The Labute approximate surface area is 134 Å². The predicted molar refractivity (Wildman–Crippen MR) is 86.5 cm³/mol. The molecule has 0 aliphatic carbocycles. The fourth-order valence-electron chi connectivity index (χ4n) is 1.81. The Balaban J connectivity index is 2.15. The largest absolute Gasteiger partial charge is 0.381 e. The van der Waals surface area contributed by atoms with Gasteiger partial charge in [0.25, 0.3) is 0 Å². The van der Waals surface area contributed by atoms with Crippen molar-refractivity contribution < 1.29 is 8.42 Å². The summed E-state index contributed by atoms with van der Waals surface area (Å²) in [5.74, 6) is 0. The maximum absolute atomic E-state index is 11.7. The predicted octanol–water partition coefficient (Wildman–Crippen LogP) is 3.51. The van der Waals surface area contributed by atoms with Crippen LogP contribution in [0.4, 0.5) is 5.69 Å². The van der Waals surface area contributed by atoms with Crippen molar-refractivity contribution in [1.29, 1.82) is 0 Å². The second kappa shape index (κ2) is 6.66. The molecule has 112 valence electrons. The number of benzene rings is 2. The zero-order valence-electron chi connectivity index (χ0n) is 11.2. The lowest BCUT2D eigenvalue weighted by atomic mass is 10.2. The average Bonchev–Trinajstić information content (AvgIpc) is 2.44. The van der Waals surface area contributed by atoms with Crippen LogP contribution in [-0.4, -0.2) is 15.5 Å². The van der Waals surface area contributed by atoms with Crippen molar-refractivity contribution in [3.05, 3.63) is 58.1 Å². The molecule has 0 aliphatic rings. The second-order valence-electron chi connectivity index (χ2n) is 4.37. The molecule has 2 aromatic carbocycles. The molecule has 0 bridgehead atoms. The molecule has 0 aromatic heterocycles. The monoisotopic (exact) mass is 344 g/mol. The van der Waals surface area contributed by atoms with Gasteiger partial charge in [-0.3, -0.25) is 0 Å². The van der Waals surface area contributed by atoms with Crippen LogP contribution in [0, 0.1) is 0 Å². The van der Waals surface area contributed by atoms with Crippen LogP contribution >= 0.6 is 23.2 Å². The number of hydrogen-bond donors (Lipinski definition) is 2. The van der Waals surface area contributed by atoms with Crippen molar-refractivity contribution in [3.8, 4) is 0 Å². The first-order chi connectivity index (χ1) is 9.90. The van der Waals surface area contributed by atoms with Crippen LogP contribution in [0.5, 0.6) is 0 Å². The molecular weight excluding hydrogens is 331 g/mol. The molecule has 2 rings (SSSR count). The molecule has 0 saturated heterocycles. The Hall–Kier alpha value is -1.27. The van der Waals surface area contributed by atoms with Gasteiger partial charge in [0.15, 0.2) is 0 Å². The summed E-state index contributed by atoms with van der Waals surface area (Å²) in [4.78, 5) is 0.208. The van der Waals surface area contributed by atoms with E-state index in [2.05, 4.69) is 10.0 Å². The number of halogens is 2. The zero-order chi connectivity index (χ0) is 15.5. The maximum atomic E-state index is 11.7. The topological polar surface area (TPSA) is 58.2 Å². The molecular formula is C14H14Cl2N2O2S. The SMILES string of the molecule is CNS(=O)(=O)c1cccc(NCc2cc(Cl)cc(Cl)c2)c1. The van der Waals surface area contributed by atoms with Gasteiger partial charge < -0.3 is 5.32 Å². The standard InChI is InChI=1S/C14H14Cl2N2O2S/c1-17-21(19,20)14-4-2-3-13(8-14)18-9-10-5-11(15)7-12(16)6-10/h2-8,17-18H,9H2,1H3. The molecule has 0 fully saturated rings. The van der Waals surface area contributed by atoms with E-state index in [4.69, 9.17) is 23.2 Å². The van der Waals surface area contributed by atoms with Gasteiger partial charge in [0.2, 0.25) is 10.0 Å². The molecule has 0 radical (unpaired) electrons. The highest BCUT2D eigenvalue weighted by Crippen LogP contribution is 2.21. The van der Waals surface area contributed by atoms with Crippen LogP contribution in [0.1, 0.15) is 5.56 Å². The quantitative estimate of drug-likeness (QED) is 0.872. The van der Waals surface area contributed by atoms with E-state index < -0.39 is 10.0 Å². The molecule has 0 unspecified atom stereocenters. The Morgan fingerprint density at radius 2 is 1.71 bits per heavy atom. The summed E-state index contributed by atoms with van der Waals surface area (Å²) in [7, 11) is -2.07. The third-order valence-corrected chi connectivity index (χ3v) is 4.68. The van der Waals surface area contributed by atoms with Gasteiger partial charge in [-0.2, -0.15) is 0 Å². The van der Waals surface area contributed by atoms with Gasteiger partial charge in [0, 0.05) is 22.3 Å². The van der Waals surface area contributed by atoms with Gasteiger partial charge in [-0.05, 0) is 49.0 Å². The van der Waals surface area contributed by atoms with E-state index >= 15 is 0 Å². The highest BCUT2D eigenvalue weighted by Gasteiger charge is 2.11. The van der Waals surface area contributed by atoms with Gasteiger partial charge in [0.05, 0.1) is 4.90 Å². The molecule has 2 aromatic rings. The minimum absolute atomic E-state index is 0.208.